The van der Waals surface area contributed by atoms with Crippen LogP contribution in [0, 0.1) is 0 Å². The number of aryl methyl sites for hydroxylation is 1. The van der Waals surface area contributed by atoms with Crippen molar-refractivity contribution in [2.45, 2.75) is 45.3 Å². The summed E-state index contributed by atoms with van der Waals surface area (Å²) >= 11 is 0. The molecule has 2 atom stereocenters. The molecule has 1 aromatic heterocycles. The Hall–Kier alpha value is -1.92. The second-order valence-electron chi connectivity index (χ2n) is 5.65. The van der Waals surface area contributed by atoms with Gasteiger partial charge in [0.05, 0.1) is 17.1 Å². The summed E-state index contributed by atoms with van der Waals surface area (Å²) in [6, 6.07) is 5.92. The molecule has 1 aliphatic rings. The van der Waals surface area contributed by atoms with E-state index >= 15 is 0 Å². The van der Waals surface area contributed by atoms with Gasteiger partial charge in [0.25, 0.3) is 5.88 Å². The largest absolute Gasteiger partial charge is 0.471 e. The average molecular weight is 320 g/mol. The summed E-state index contributed by atoms with van der Waals surface area (Å²) in [6.45, 7) is 4.82. The average Bonchev–Trinajstić information content (AvgIpc) is 2.59. The van der Waals surface area contributed by atoms with Crippen LogP contribution in [0.5, 0.6) is 5.88 Å². The normalized spacial score (nSPS) is 17.3. The first-order valence-electron chi connectivity index (χ1n) is 7.90. The molecule has 1 aliphatic heterocycles. The van der Waals surface area contributed by atoms with Crippen molar-refractivity contribution < 1.29 is 14.9 Å². The lowest BCUT2D eigenvalue weighted by Gasteiger charge is -2.24. The standard InChI is InChI=1S/C16H20N2O3.CH4O/c1-3-11(19)9-21-15-16(20)18-8-7-10(2)12-5-4-6-13(17-15)14(12)18;1-2/h4-6,10-11,19H,3,7-9H2,1-2H3;2H,1H3. The van der Waals surface area contributed by atoms with E-state index in [0.717, 1.165) is 24.6 Å². The van der Waals surface area contributed by atoms with Crippen LogP contribution in [0.4, 0.5) is 0 Å². The maximum atomic E-state index is 12.5. The van der Waals surface area contributed by atoms with Gasteiger partial charge < -0.3 is 19.5 Å². The van der Waals surface area contributed by atoms with E-state index in [1.54, 1.807) is 4.57 Å². The summed E-state index contributed by atoms with van der Waals surface area (Å²) in [6.07, 6.45) is 0.950. The summed E-state index contributed by atoms with van der Waals surface area (Å²) < 4.78 is 7.19. The minimum Gasteiger partial charge on any atom is -0.471 e. The monoisotopic (exact) mass is 320 g/mol. The number of aliphatic hydroxyl groups is 2. The van der Waals surface area contributed by atoms with Crippen LogP contribution in [0.25, 0.3) is 11.0 Å². The summed E-state index contributed by atoms with van der Waals surface area (Å²) in [4.78, 5) is 16.9. The minimum absolute atomic E-state index is 0.0849. The van der Waals surface area contributed by atoms with Gasteiger partial charge in [-0.05, 0) is 30.4 Å². The van der Waals surface area contributed by atoms with E-state index in [9.17, 15) is 9.90 Å². The van der Waals surface area contributed by atoms with Crippen molar-refractivity contribution in [3.8, 4) is 5.88 Å². The SMILES string of the molecule is CCC(O)COc1nc2cccc3c2n(c1=O)CCC3C.CO. The second-order valence-corrected chi connectivity index (χ2v) is 5.65. The predicted octanol–water partition coefficient (Wildman–Crippen LogP) is 1.66. The fraction of sp³-hybridized carbons (Fsp3) is 0.529. The van der Waals surface area contributed by atoms with Gasteiger partial charge in [-0.1, -0.05) is 26.0 Å². The molecule has 0 amide bonds. The quantitative estimate of drug-likeness (QED) is 0.895. The van der Waals surface area contributed by atoms with E-state index in [2.05, 4.69) is 18.0 Å². The lowest BCUT2D eigenvalue weighted by atomic mass is 9.93. The molecule has 0 saturated heterocycles. The van der Waals surface area contributed by atoms with Crippen LogP contribution in [0.1, 0.15) is 38.2 Å². The highest BCUT2D eigenvalue weighted by molar-refractivity contribution is 5.80. The van der Waals surface area contributed by atoms with Crippen molar-refractivity contribution in [1.29, 1.82) is 0 Å². The minimum atomic E-state index is -0.574. The van der Waals surface area contributed by atoms with E-state index in [4.69, 9.17) is 9.84 Å². The highest BCUT2D eigenvalue weighted by atomic mass is 16.5. The summed E-state index contributed by atoms with van der Waals surface area (Å²) in [5.74, 6) is 0.519. The lowest BCUT2D eigenvalue weighted by molar-refractivity contribution is 0.101. The molecule has 0 aliphatic carbocycles. The summed E-state index contributed by atoms with van der Waals surface area (Å²) in [7, 11) is 1.00. The zero-order chi connectivity index (χ0) is 17.0. The third-order valence-corrected chi connectivity index (χ3v) is 4.17. The maximum absolute atomic E-state index is 12.5. The number of nitrogens with zero attached hydrogens (tertiary/aromatic N) is 2. The van der Waals surface area contributed by atoms with Gasteiger partial charge in [0.15, 0.2) is 0 Å². The van der Waals surface area contributed by atoms with E-state index < -0.39 is 6.10 Å². The third kappa shape index (κ3) is 3.38. The third-order valence-electron chi connectivity index (χ3n) is 4.17. The van der Waals surface area contributed by atoms with E-state index in [1.165, 1.54) is 5.56 Å². The van der Waals surface area contributed by atoms with Crippen molar-refractivity contribution in [2.75, 3.05) is 13.7 Å². The molecule has 126 valence electrons. The van der Waals surface area contributed by atoms with Crippen molar-refractivity contribution in [1.82, 2.24) is 9.55 Å². The number of ether oxygens (including phenoxy) is 1. The molecule has 1 aromatic carbocycles. The Bertz CT molecular complexity index is 726. The van der Waals surface area contributed by atoms with Crippen molar-refractivity contribution >= 4 is 11.0 Å². The van der Waals surface area contributed by atoms with Gasteiger partial charge >= 0.3 is 5.56 Å². The molecule has 0 saturated carbocycles. The highest BCUT2D eigenvalue weighted by Crippen LogP contribution is 2.31. The molecule has 6 nitrogen and oxygen atoms in total. The first-order chi connectivity index (χ1) is 11.1. The highest BCUT2D eigenvalue weighted by Gasteiger charge is 2.22. The van der Waals surface area contributed by atoms with E-state index in [0.29, 0.717) is 18.9 Å². The van der Waals surface area contributed by atoms with Gasteiger partial charge in [0, 0.05) is 13.7 Å². The number of aliphatic hydroxyl groups excluding tert-OH is 2. The Morgan fingerprint density at radius 1 is 1.43 bits per heavy atom. The van der Waals surface area contributed by atoms with Crippen LogP contribution in [0.3, 0.4) is 0 Å². The topological polar surface area (TPSA) is 84.6 Å². The number of hydrogen-bond acceptors (Lipinski definition) is 5. The van der Waals surface area contributed by atoms with Crippen molar-refractivity contribution in [3.63, 3.8) is 0 Å². The number of rotatable bonds is 4. The maximum Gasteiger partial charge on any atom is 0.313 e. The van der Waals surface area contributed by atoms with Gasteiger partial charge in [-0.25, -0.2) is 4.98 Å². The lowest BCUT2D eigenvalue weighted by Crippen LogP contribution is -2.29. The van der Waals surface area contributed by atoms with Gasteiger partial charge in [0.2, 0.25) is 0 Å². The molecule has 0 spiro atoms. The van der Waals surface area contributed by atoms with E-state index in [1.807, 2.05) is 19.1 Å². The van der Waals surface area contributed by atoms with Gasteiger partial charge in [0.1, 0.15) is 6.61 Å². The van der Waals surface area contributed by atoms with Gasteiger partial charge in [-0.2, -0.15) is 0 Å². The van der Waals surface area contributed by atoms with Gasteiger partial charge in [-0.3, -0.25) is 4.79 Å². The van der Waals surface area contributed by atoms with Crippen LogP contribution in [0.15, 0.2) is 23.0 Å². The van der Waals surface area contributed by atoms with Crippen LogP contribution < -0.4 is 10.3 Å². The molecular weight excluding hydrogens is 296 g/mol. The molecule has 2 unspecified atom stereocenters. The Kier molecular flexibility index (Phi) is 5.74. The smallest absolute Gasteiger partial charge is 0.313 e. The molecule has 6 heteroatoms. The Morgan fingerprint density at radius 2 is 2.17 bits per heavy atom. The zero-order valence-electron chi connectivity index (χ0n) is 13.8. The first kappa shape index (κ1) is 17.4. The fourth-order valence-electron chi connectivity index (χ4n) is 2.78. The molecule has 0 bridgehead atoms. The van der Waals surface area contributed by atoms with Gasteiger partial charge in [-0.15, -0.1) is 0 Å². The molecule has 0 radical (unpaired) electrons. The molecule has 2 N–H and O–H groups in total. The number of hydrogen-bond donors (Lipinski definition) is 2. The molecule has 0 fully saturated rings. The first-order valence-corrected chi connectivity index (χ1v) is 7.90. The van der Waals surface area contributed by atoms with Crippen molar-refractivity contribution in [3.05, 3.63) is 34.1 Å². The molecule has 2 aromatic rings. The predicted molar refractivity (Wildman–Crippen MR) is 89.0 cm³/mol. The second kappa shape index (κ2) is 7.57. The van der Waals surface area contributed by atoms with Crippen LogP contribution in [-0.2, 0) is 6.54 Å². The Balaban J connectivity index is 0.000000924. The summed E-state index contributed by atoms with van der Waals surface area (Å²) in [5, 5.41) is 16.6. The van der Waals surface area contributed by atoms with Crippen LogP contribution in [-0.4, -0.2) is 39.6 Å². The fourth-order valence-corrected chi connectivity index (χ4v) is 2.78. The van der Waals surface area contributed by atoms with Crippen LogP contribution >= 0.6 is 0 Å². The zero-order valence-corrected chi connectivity index (χ0v) is 13.8. The molecule has 3 rings (SSSR count). The molecular formula is C17H24N2O4. The number of para-hydroxylation sites is 1. The molecule has 23 heavy (non-hydrogen) atoms. The Labute approximate surface area is 135 Å². The number of aromatic nitrogens is 2. The van der Waals surface area contributed by atoms with E-state index in [-0.39, 0.29) is 18.0 Å². The number of benzene rings is 1. The van der Waals surface area contributed by atoms with Crippen LogP contribution in [0.2, 0.25) is 0 Å². The van der Waals surface area contributed by atoms with Crippen molar-refractivity contribution in [2.24, 2.45) is 0 Å². The summed E-state index contributed by atoms with van der Waals surface area (Å²) in [5.41, 5.74) is 2.66. The molecule has 2 heterocycles. The Morgan fingerprint density at radius 3 is 2.87 bits per heavy atom.